The summed E-state index contributed by atoms with van der Waals surface area (Å²) >= 11 is 24.0. The van der Waals surface area contributed by atoms with Gasteiger partial charge in [-0.05, 0) is 41.0 Å². The van der Waals surface area contributed by atoms with E-state index >= 15 is 0 Å². The zero-order valence-electron chi connectivity index (χ0n) is 10.4. The third-order valence-corrected chi connectivity index (χ3v) is 4.25. The Bertz CT molecular complexity index is 715. The summed E-state index contributed by atoms with van der Waals surface area (Å²) in [6.07, 6.45) is 2.45. The molecule has 0 bridgehead atoms. The molecule has 108 valence electrons. The first-order valence-electron chi connectivity index (χ1n) is 5.74. The Morgan fingerprint density at radius 3 is 2.00 bits per heavy atom. The van der Waals surface area contributed by atoms with Gasteiger partial charge in [0.05, 0.1) is 15.1 Å². The van der Waals surface area contributed by atoms with Crippen LogP contribution in [0.2, 0.25) is 20.1 Å². The van der Waals surface area contributed by atoms with Crippen LogP contribution in [0.4, 0.5) is 0 Å². The maximum atomic E-state index is 10.5. The minimum Gasteiger partial charge on any atom is -0.478 e. The Labute approximate surface area is 141 Å². The number of carboxylic acid groups (broad SMARTS) is 1. The molecular weight excluding hydrogens is 354 g/mol. The molecule has 0 radical (unpaired) electrons. The summed E-state index contributed by atoms with van der Waals surface area (Å²) < 4.78 is 0. The van der Waals surface area contributed by atoms with Gasteiger partial charge in [-0.15, -0.1) is 0 Å². The van der Waals surface area contributed by atoms with Crippen LogP contribution in [0.15, 0.2) is 36.4 Å². The second-order valence-corrected chi connectivity index (χ2v) is 5.76. The molecule has 2 rings (SSSR count). The number of aliphatic carboxylic acids is 1. The third kappa shape index (κ3) is 3.92. The number of carboxylic acids is 1. The molecule has 0 amide bonds. The molecule has 2 aromatic rings. The fraction of sp³-hybridized carbons (Fsp3) is 0. The molecule has 0 aromatic heterocycles. The van der Waals surface area contributed by atoms with E-state index in [1.165, 1.54) is 6.08 Å². The van der Waals surface area contributed by atoms with Crippen molar-refractivity contribution in [3.63, 3.8) is 0 Å². The van der Waals surface area contributed by atoms with Gasteiger partial charge in [-0.25, -0.2) is 4.79 Å². The second-order valence-electron chi connectivity index (χ2n) is 4.16. The lowest BCUT2D eigenvalue weighted by atomic mass is 10.0. The normalized spacial score (nSPS) is 11.0. The molecule has 0 spiro atoms. The lowest BCUT2D eigenvalue weighted by Gasteiger charge is -2.07. The van der Waals surface area contributed by atoms with E-state index in [9.17, 15) is 4.79 Å². The minimum atomic E-state index is -1.04. The zero-order chi connectivity index (χ0) is 15.6. The van der Waals surface area contributed by atoms with Crippen LogP contribution in [0.5, 0.6) is 0 Å². The van der Waals surface area contributed by atoms with Crippen molar-refractivity contribution in [3.8, 4) is 11.1 Å². The first-order valence-corrected chi connectivity index (χ1v) is 7.25. The van der Waals surface area contributed by atoms with Gasteiger partial charge in [-0.3, -0.25) is 0 Å². The Morgan fingerprint density at radius 1 is 0.905 bits per heavy atom. The number of benzene rings is 2. The average Bonchev–Trinajstić information content (AvgIpc) is 2.42. The molecular formula is C15H8Cl4O2. The lowest BCUT2D eigenvalue weighted by Crippen LogP contribution is -1.87. The summed E-state index contributed by atoms with van der Waals surface area (Å²) in [5, 5.41) is 10.0. The highest BCUT2D eigenvalue weighted by atomic mass is 35.5. The molecule has 0 fully saturated rings. The molecule has 1 N–H and O–H groups in total. The van der Waals surface area contributed by atoms with E-state index in [0.29, 0.717) is 25.7 Å². The van der Waals surface area contributed by atoms with Gasteiger partial charge in [0.2, 0.25) is 0 Å². The quantitative estimate of drug-likeness (QED) is 0.532. The fourth-order valence-corrected chi connectivity index (χ4v) is 2.56. The standard InChI is InChI=1S/C15H8Cl4O2/c16-11-5-9(2-1-8(11)3-4-14(20)21)10-6-12(17)15(19)13(18)7-10/h1-7H,(H,20,21)/b4-3+. The van der Waals surface area contributed by atoms with Crippen molar-refractivity contribution in [2.45, 2.75) is 0 Å². The van der Waals surface area contributed by atoms with Gasteiger partial charge < -0.3 is 5.11 Å². The topological polar surface area (TPSA) is 37.3 Å². The van der Waals surface area contributed by atoms with E-state index in [-0.39, 0.29) is 0 Å². The Kier molecular flexibility index (Phi) is 5.17. The van der Waals surface area contributed by atoms with Crippen molar-refractivity contribution < 1.29 is 9.90 Å². The van der Waals surface area contributed by atoms with Gasteiger partial charge in [0, 0.05) is 11.1 Å². The molecule has 0 aliphatic heterocycles. The van der Waals surface area contributed by atoms with Gasteiger partial charge in [0.1, 0.15) is 0 Å². The first-order chi connectivity index (χ1) is 9.88. The Morgan fingerprint density at radius 2 is 1.48 bits per heavy atom. The van der Waals surface area contributed by atoms with Crippen LogP contribution in [-0.2, 0) is 4.79 Å². The van der Waals surface area contributed by atoms with E-state index < -0.39 is 5.97 Å². The highest BCUT2D eigenvalue weighted by molar-refractivity contribution is 6.48. The molecule has 2 nitrogen and oxygen atoms in total. The van der Waals surface area contributed by atoms with Crippen LogP contribution < -0.4 is 0 Å². The number of halogens is 4. The highest BCUT2D eigenvalue weighted by Gasteiger charge is 2.09. The van der Waals surface area contributed by atoms with E-state index in [1.807, 2.05) is 0 Å². The molecule has 0 aliphatic rings. The maximum absolute atomic E-state index is 10.5. The molecule has 0 atom stereocenters. The summed E-state index contributed by atoms with van der Waals surface area (Å²) in [4.78, 5) is 10.5. The van der Waals surface area contributed by atoms with Gasteiger partial charge in [0.15, 0.2) is 0 Å². The largest absolute Gasteiger partial charge is 0.478 e. The summed E-state index contributed by atoms with van der Waals surface area (Å²) in [5.41, 5.74) is 2.17. The Balaban J connectivity index is 2.43. The van der Waals surface area contributed by atoms with Crippen molar-refractivity contribution in [2.75, 3.05) is 0 Å². The highest BCUT2D eigenvalue weighted by Crippen LogP contribution is 2.36. The van der Waals surface area contributed by atoms with Crippen molar-refractivity contribution in [2.24, 2.45) is 0 Å². The second kappa shape index (κ2) is 6.71. The first kappa shape index (κ1) is 16.2. The lowest BCUT2D eigenvalue weighted by molar-refractivity contribution is -0.131. The molecule has 6 heteroatoms. The van der Waals surface area contributed by atoms with E-state index in [0.717, 1.165) is 17.2 Å². The monoisotopic (exact) mass is 360 g/mol. The van der Waals surface area contributed by atoms with Crippen molar-refractivity contribution >= 4 is 58.4 Å². The van der Waals surface area contributed by atoms with Gasteiger partial charge in [-0.2, -0.15) is 0 Å². The predicted molar refractivity (Wildman–Crippen MR) is 88.6 cm³/mol. The molecule has 21 heavy (non-hydrogen) atoms. The molecule has 0 saturated carbocycles. The summed E-state index contributed by atoms with van der Waals surface area (Å²) in [5.74, 6) is -1.04. The van der Waals surface area contributed by atoms with Crippen LogP contribution in [-0.4, -0.2) is 11.1 Å². The minimum absolute atomic E-state index is 0.300. The number of hydrogen-bond donors (Lipinski definition) is 1. The van der Waals surface area contributed by atoms with Crippen molar-refractivity contribution in [3.05, 3.63) is 62.1 Å². The average molecular weight is 362 g/mol. The zero-order valence-corrected chi connectivity index (χ0v) is 13.4. The molecule has 0 heterocycles. The maximum Gasteiger partial charge on any atom is 0.328 e. The molecule has 0 aliphatic carbocycles. The predicted octanol–water partition coefficient (Wildman–Crippen LogP) is 6.07. The van der Waals surface area contributed by atoms with Crippen LogP contribution >= 0.6 is 46.4 Å². The van der Waals surface area contributed by atoms with Crippen molar-refractivity contribution in [1.29, 1.82) is 0 Å². The van der Waals surface area contributed by atoms with Crippen LogP contribution in [0.25, 0.3) is 17.2 Å². The fourth-order valence-electron chi connectivity index (χ4n) is 1.73. The van der Waals surface area contributed by atoms with Gasteiger partial charge in [-0.1, -0.05) is 58.5 Å². The van der Waals surface area contributed by atoms with Crippen LogP contribution in [0, 0.1) is 0 Å². The number of hydrogen-bond acceptors (Lipinski definition) is 1. The number of rotatable bonds is 3. The smallest absolute Gasteiger partial charge is 0.328 e. The number of carbonyl (C=O) groups is 1. The van der Waals surface area contributed by atoms with Crippen LogP contribution in [0.3, 0.4) is 0 Å². The summed E-state index contributed by atoms with van der Waals surface area (Å²) in [7, 11) is 0. The SMILES string of the molecule is O=C(O)/C=C/c1ccc(-c2cc(Cl)c(Cl)c(Cl)c2)cc1Cl. The Hall–Kier alpha value is -1.19. The summed E-state index contributed by atoms with van der Waals surface area (Å²) in [6.45, 7) is 0. The van der Waals surface area contributed by atoms with Crippen LogP contribution in [0.1, 0.15) is 5.56 Å². The third-order valence-electron chi connectivity index (χ3n) is 2.72. The molecule has 2 aromatic carbocycles. The van der Waals surface area contributed by atoms with Gasteiger partial charge in [0.25, 0.3) is 0 Å². The van der Waals surface area contributed by atoms with E-state index in [2.05, 4.69) is 0 Å². The van der Waals surface area contributed by atoms with Gasteiger partial charge >= 0.3 is 5.97 Å². The van der Waals surface area contributed by atoms with Crippen molar-refractivity contribution in [1.82, 2.24) is 0 Å². The van der Waals surface area contributed by atoms with E-state index in [1.54, 1.807) is 30.3 Å². The summed E-state index contributed by atoms with van der Waals surface area (Å²) in [6, 6.07) is 8.60. The van der Waals surface area contributed by atoms with E-state index in [4.69, 9.17) is 51.5 Å². The molecule has 0 saturated heterocycles. The molecule has 0 unspecified atom stereocenters.